The van der Waals surface area contributed by atoms with Crippen LogP contribution in [0.25, 0.3) is 11.0 Å². The Hall–Kier alpha value is -3.87. The van der Waals surface area contributed by atoms with Crippen molar-refractivity contribution in [1.82, 2.24) is 5.32 Å². The largest absolute Gasteiger partial charge is 0.464 e. The molecule has 30 heavy (non-hydrogen) atoms. The number of carbonyl (C=O) groups excluding carboxylic acids is 2. The molecule has 1 amide bonds. The van der Waals surface area contributed by atoms with Crippen LogP contribution in [0.2, 0.25) is 0 Å². The first-order chi connectivity index (χ1) is 14.4. The molecule has 0 radical (unpaired) electrons. The van der Waals surface area contributed by atoms with Crippen LogP contribution in [0.4, 0.5) is 5.69 Å². The van der Waals surface area contributed by atoms with Crippen LogP contribution in [-0.4, -0.2) is 24.2 Å². The number of fused-ring (bicyclic) bond motifs is 1. The van der Waals surface area contributed by atoms with Crippen molar-refractivity contribution in [3.05, 3.63) is 77.8 Å². The number of anilines is 1. The second kappa shape index (κ2) is 9.56. The third-order valence-electron chi connectivity index (χ3n) is 4.38. The molecule has 1 heterocycles. The van der Waals surface area contributed by atoms with Gasteiger partial charge in [0.25, 0.3) is 5.91 Å². The highest BCUT2D eigenvalue weighted by atomic mass is 16.5. The number of para-hydroxylation sites is 2. The molecular weight excluding hydrogens is 382 g/mol. The van der Waals surface area contributed by atoms with Crippen molar-refractivity contribution in [2.45, 2.75) is 20.3 Å². The monoisotopic (exact) mass is 405 g/mol. The molecule has 2 aromatic carbocycles. The zero-order valence-corrected chi connectivity index (χ0v) is 16.8. The molecule has 0 saturated heterocycles. The molecule has 7 heteroatoms. The molecule has 3 rings (SSSR count). The molecule has 154 valence electrons. The fraction of sp³-hybridized carbons (Fsp3) is 0.174. The lowest BCUT2D eigenvalue weighted by Gasteiger charge is -2.15. The first-order valence-electron chi connectivity index (χ1n) is 9.43. The van der Waals surface area contributed by atoms with Crippen LogP contribution in [0.15, 0.2) is 76.7 Å². The maximum atomic E-state index is 12.3. The summed E-state index contributed by atoms with van der Waals surface area (Å²) in [7, 11) is 0. The highest BCUT2D eigenvalue weighted by Crippen LogP contribution is 2.21. The van der Waals surface area contributed by atoms with Crippen molar-refractivity contribution < 1.29 is 18.7 Å². The van der Waals surface area contributed by atoms with Crippen LogP contribution in [-0.2, 0) is 20.7 Å². The van der Waals surface area contributed by atoms with Gasteiger partial charge in [0.2, 0.25) is 0 Å². The quantitative estimate of drug-likeness (QED) is 0.388. The summed E-state index contributed by atoms with van der Waals surface area (Å²) < 4.78 is 10.5. The van der Waals surface area contributed by atoms with E-state index in [2.05, 4.69) is 10.6 Å². The van der Waals surface area contributed by atoms with E-state index >= 15 is 0 Å². The molecule has 0 atom stereocenters. The molecule has 0 bridgehead atoms. The molecule has 0 spiro atoms. The Morgan fingerprint density at radius 2 is 1.73 bits per heavy atom. The number of amides is 1. The Balaban J connectivity index is 1.57. The predicted octanol–water partition coefficient (Wildman–Crippen LogP) is 4.02. The fourth-order valence-electron chi connectivity index (χ4n) is 2.97. The van der Waals surface area contributed by atoms with E-state index in [1.54, 1.807) is 13.8 Å². The Labute approximate surface area is 174 Å². The number of furan rings is 1. The zero-order valence-electron chi connectivity index (χ0n) is 16.8. The number of rotatable bonds is 8. The summed E-state index contributed by atoms with van der Waals surface area (Å²) in [4.78, 5) is 24.4. The van der Waals surface area contributed by atoms with Crippen molar-refractivity contribution in [2.24, 2.45) is 0 Å². The number of benzene rings is 2. The van der Waals surface area contributed by atoms with Crippen LogP contribution in [0.5, 0.6) is 0 Å². The standard InChI is InChI=1S/C23H23N3O4/c1-15(24)23(16(2)25-18-8-4-3-5-9-18)26-21(27)14-30-22(28)12-17-13-29-20-11-7-6-10-19(17)20/h3-11,13,24-25H,12,14H2,1-2H3,(H,26,27)/b23-16+,24-15?. The molecule has 0 saturated carbocycles. The molecule has 3 aromatic rings. The average molecular weight is 405 g/mol. The first kappa shape index (κ1) is 20.9. The molecule has 0 aliphatic carbocycles. The van der Waals surface area contributed by atoms with Gasteiger partial charge in [0.05, 0.1) is 24.1 Å². The normalized spacial score (nSPS) is 11.5. The van der Waals surface area contributed by atoms with Crippen molar-refractivity contribution in [2.75, 3.05) is 11.9 Å². The van der Waals surface area contributed by atoms with Crippen molar-refractivity contribution >= 4 is 34.2 Å². The molecule has 3 N–H and O–H groups in total. The van der Waals surface area contributed by atoms with Gasteiger partial charge in [-0.15, -0.1) is 0 Å². The molecule has 0 unspecified atom stereocenters. The predicted molar refractivity (Wildman–Crippen MR) is 115 cm³/mol. The van der Waals surface area contributed by atoms with Crippen LogP contribution in [0, 0.1) is 5.41 Å². The summed E-state index contributed by atoms with van der Waals surface area (Å²) in [6, 6.07) is 16.8. The van der Waals surface area contributed by atoms with E-state index in [0.717, 1.165) is 11.1 Å². The third-order valence-corrected chi connectivity index (χ3v) is 4.38. The van der Waals surface area contributed by atoms with E-state index in [4.69, 9.17) is 14.6 Å². The maximum absolute atomic E-state index is 12.3. The summed E-state index contributed by atoms with van der Waals surface area (Å²) in [5.74, 6) is -1.05. The van der Waals surface area contributed by atoms with Crippen molar-refractivity contribution in [1.29, 1.82) is 5.41 Å². The van der Waals surface area contributed by atoms with E-state index in [1.807, 2.05) is 54.6 Å². The summed E-state index contributed by atoms with van der Waals surface area (Å²) in [6.07, 6.45) is 1.52. The highest BCUT2D eigenvalue weighted by molar-refractivity contribution is 6.00. The molecule has 1 aromatic heterocycles. The fourth-order valence-corrected chi connectivity index (χ4v) is 2.97. The average Bonchev–Trinajstić information content (AvgIpc) is 3.14. The van der Waals surface area contributed by atoms with E-state index in [1.165, 1.54) is 6.26 Å². The van der Waals surface area contributed by atoms with Gasteiger partial charge in [-0.1, -0.05) is 36.4 Å². The topological polar surface area (TPSA) is 104 Å². The van der Waals surface area contributed by atoms with E-state index in [0.29, 0.717) is 22.5 Å². The molecule has 7 nitrogen and oxygen atoms in total. The second-order valence-corrected chi connectivity index (χ2v) is 6.76. The number of hydrogen-bond acceptors (Lipinski definition) is 6. The lowest BCUT2D eigenvalue weighted by atomic mass is 10.1. The summed E-state index contributed by atoms with van der Waals surface area (Å²) in [5.41, 5.74) is 3.35. The molecule has 0 fully saturated rings. The van der Waals surface area contributed by atoms with Crippen LogP contribution in [0.1, 0.15) is 19.4 Å². The van der Waals surface area contributed by atoms with Gasteiger partial charge in [-0.05, 0) is 32.0 Å². The van der Waals surface area contributed by atoms with E-state index in [9.17, 15) is 9.59 Å². The Kier molecular flexibility index (Phi) is 6.64. The smallest absolute Gasteiger partial charge is 0.310 e. The van der Waals surface area contributed by atoms with Crippen molar-refractivity contribution in [3.8, 4) is 0 Å². The van der Waals surface area contributed by atoms with Gasteiger partial charge < -0.3 is 25.2 Å². The van der Waals surface area contributed by atoms with Gasteiger partial charge in [0.1, 0.15) is 5.58 Å². The van der Waals surface area contributed by atoms with E-state index < -0.39 is 18.5 Å². The summed E-state index contributed by atoms with van der Waals surface area (Å²) in [5, 5.41) is 14.6. The number of ether oxygens (including phenoxy) is 1. The Morgan fingerprint density at radius 1 is 1.03 bits per heavy atom. The molecule has 0 aliphatic rings. The zero-order chi connectivity index (χ0) is 21.5. The highest BCUT2D eigenvalue weighted by Gasteiger charge is 2.15. The SMILES string of the molecule is CC(=N)/C(NC(=O)COC(=O)Cc1coc2ccccc12)=C(/C)Nc1ccccc1. The Bertz CT molecular complexity index is 1100. The van der Waals surface area contributed by atoms with Gasteiger partial charge >= 0.3 is 5.97 Å². The number of allylic oxidation sites excluding steroid dienone is 2. The van der Waals surface area contributed by atoms with Gasteiger partial charge in [-0.2, -0.15) is 0 Å². The minimum Gasteiger partial charge on any atom is -0.464 e. The molecule has 0 aliphatic heterocycles. The van der Waals surface area contributed by atoms with Crippen LogP contribution in [0.3, 0.4) is 0 Å². The summed E-state index contributed by atoms with van der Waals surface area (Å²) in [6.45, 7) is 2.89. The Morgan fingerprint density at radius 3 is 2.47 bits per heavy atom. The number of carbonyl (C=O) groups is 2. The maximum Gasteiger partial charge on any atom is 0.310 e. The number of hydrogen-bond donors (Lipinski definition) is 3. The first-order valence-corrected chi connectivity index (χ1v) is 9.43. The molecular formula is C23H23N3O4. The van der Waals surface area contributed by atoms with Gasteiger partial charge in [-0.3, -0.25) is 9.59 Å². The van der Waals surface area contributed by atoms with Gasteiger partial charge in [0, 0.05) is 22.3 Å². The number of esters is 1. The lowest BCUT2D eigenvalue weighted by molar-refractivity contribution is -0.147. The van der Waals surface area contributed by atoms with Crippen LogP contribution < -0.4 is 10.6 Å². The van der Waals surface area contributed by atoms with Gasteiger partial charge in [0.15, 0.2) is 6.61 Å². The number of nitrogens with one attached hydrogen (secondary N) is 3. The van der Waals surface area contributed by atoms with Gasteiger partial charge in [-0.25, -0.2) is 0 Å². The van der Waals surface area contributed by atoms with Crippen molar-refractivity contribution in [3.63, 3.8) is 0 Å². The summed E-state index contributed by atoms with van der Waals surface area (Å²) >= 11 is 0. The minimum atomic E-state index is -0.534. The van der Waals surface area contributed by atoms with Crippen LogP contribution >= 0.6 is 0 Å². The second-order valence-electron chi connectivity index (χ2n) is 6.76. The third kappa shape index (κ3) is 5.35. The lowest BCUT2D eigenvalue weighted by Crippen LogP contribution is -2.32. The minimum absolute atomic E-state index is 0.00514. The van der Waals surface area contributed by atoms with E-state index in [-0.39, 0.29) is 12.1 Å².